The van der Waals surface area contributed by atoms with Gasteiger partial charge in [0.05, 0.1) is 0 Å². The fourth-order valence-corrected chi connectivity index (χ4v) is 3.06. The number of aryl methyl sites for hydroxylation is 1. The molecule has 2 heterocycles. The lowest BCUT2D eigenvalue weighted by Crippen LogP contribution is -2.32. The van der Waals surface area contributed by atoms with E-state index in [1.54, 1.807) is 0 Å². The third-order valence-electron chi connectivity index (χ3n) is 3.23. The predicted molar refractivity (Wildman–Crippen MR) is 80.1 cm³/mol. The van der Waals surface area contributed by atoms with E-state index in [1.807, 2.05) is 19.2 Å². The highest BCUT2D eigenvalue weighted by molar-refractivity contribution is 5.75. The van der Waals surface area contributed by atoms with E-state index in [1.165, 1.54) is 0 Å². The van der Waals surface area contributed by atoms with Crippen LogP contribution in [0, 0.1) is 12.3 Å². The molecule has 2 N–H and O–H groups in total. The van der Waals surface area contributed by atoms with Crippen molar-refractivity contribution in [2.45, 2.75) is 53.5 Å². The second-order valence-electron chi connectivity index (χ2n) is 7.21. The van der Waals surface area contributed by atoms with Gasteiger partial charge in [-0.05, 0) is 44.2 Å². The molecule has 0 amide bonds. The van der Waals surface area contributed by atoms with Gasteiger partial charge in [0, 0.05) is 11.7 Å². The molecule has 2 rings (SSSR count). The minimum atomic E-state index is -0.112. The van der Waals surface area contributed by atoms with Crippen molar-refractivity contribution in [2.24, 2.45) is 5.41 Å². The van der Waals surface area contributed by atoms with E-state index < -0.39 is 0 Å². The van der Waals surface area contributed by atoms with Crippen molar-refractivity contribution >= 4 is 17.1 Å². The number of hydrogen-bond donors (Lipinski definition) is 1. The molecule has 0 aliphatic carbocycles. The number of rotatable bonds is 2. The lowest BCUT2D eigenvalue weighted by molar-refractivity contribution is 0.221. The van der Waals surface area contributed by atoms with Crippen molar-refractivity contribution in [1.29, 1.82) is 0 Å². The average molecular weight is 260 g/mol. The van der Waals surface area contributed by atoms with E-state index in [9.17, 15) is 0 Å². The Morgan fingerprint density at radius 2 is 1.84 bits per heavy atom. The summed E-state index contributed by atoms with van der Waals surface area (Å²) in [5, 5.41) is 0. The Morgan fingerprint density at radius 1 is 1.21 bits per heavy atom. The predicted octanol–water partition coefficient (Wildman–Crippen LogP) is 3.49. The van der Waals surface area contributed by atoms with Gasteiger partial charge in [0.25, 0.3) is 0 Å². The molecular weight excluding hydrogens is 236 g/mol. The maximum absolute atomic E-state index is 6.12. The minimum Gasteiger partial charge on any atom is -0.369 e. The monoisotopic (exact) mass is 260 g/mol. The summed E-state index contributed by atoms with van der Waals surface area (Å²) in [5.74, 6) is 0.544. The van der Waals surface area contributed by atoms with Gasteiger partial charge in [-0.15, -0.1) is 0 Å². The maximum atomic E-state index is 6.12. The van der Waals surface area contributed by atoms with Crippen molar-refractivity contribution < 1.29 is 0 Å². The van der Waals surface area contributed by atoms with Gasteiger partial charge >= 0.3 is 0 Å². The first-order chi connectivity index (χ1) is 8.60. The molecule has 19 heavy (non-hydrogen) atoms. The summed E-state index contributed by atoms with van der Waals surface area (Å²) in [6.45, 7) is 13.1. The van der Waals surface area contributed by atoms with E-state index in [4.69, 9.17) is 5.73 Å². The summed E-state index contributed by atoms with van der Waals surface area (Å²) < 4.78 is 2.06. The molecule has 4 nitrogen and oxygen atoms in total. The largest absolute Gasteiger partial charge is 0.369 e. The number of imidazole rings is 1. The summed E-state index contributed by atoms with van der Waals surface area (Å²) in [6.07, 6.45) is 2.87. The zero-order valence-corrected chi connectivity index (χ0v) is 12.8. The van der Waals surface area contributed by atoms with Crippen LogP contribution in [-0.2, 0) is 5.54 Å². The van der Waals surface area contributed by atoms with Gasteiger partial charge in [-0.2, -0.15) is 0 Å². The number of nitrogens with zero attached hydrogens (tertiary/aromatic N) is 3. The first-order valence-electron chi connectivity index (χ1n) is 6.71. The molecule has 0 spiro atoms. The molecule has 0 radical (unpaired) electrons. The van der Waals surface area contributed by atoms with Crippen LogP contribution in [0.5, 0.6) is 0 Å². The van der Waals surface area contributed by atoms with Crippen molar-refractivity contribution in [3.05, 3.63) is 17.8 Å². The van der Waals surface area contributed by atoms with Crippen molar-refractivity contribution in [3.8, 4) is 0 Å². The second kappa shape index (κ2) is 4.22. The van der Waals surface area contributed by atoms with Gasteiger partial charge in [-0.1, -0.05) is 20.8 Å². The van der Waals surface area contributed by atoms with Gasteiger partial charge in [-0.3, -0.25) is 4.57 Å². The second-order valence-corrected chi connectivity index (χ2v) is 7.21. The molecule has 0 bridgehead atoms. The Kier molecular flexibility index (Phi) is 3.07. The number of hydrogen-bond acceptors (Lipinski definition) is 3. The lowest BCUT2D eigenvalue weighted by Gasteiger charge is -2.34. The van der Waals surface area contributed by atoms with Gasteiger partial charge in [0.2, 0.25) is 5.95 Å². The zero-order chi connectivity index (χ0) is 14.4. The molecule has 4 heteroatoms. The highest BCUT2D eigenvalue weighted by Gasteiger charge is 2.30. The molecule has 0 saturated heterocycles. The van der Waals surface area contributed by atoms with Crippen LogP contribution in [0.3, 0.4) is 0 Å². The standard InChI is InChI=1S/C15H24N4/c1-10-7-11-12(17-8-10)19(13(16)18-11)15(5,6)9-14(2,3)4/h7-8H,9H2,1-6H3,(H2,16,18). The number of fused-ring (bicyclic) bond motifs is 1. The Morgan fingerprint density at radius 3 is 2.42 bits per heavy atom. The highest BCUT2D eigenvalue weighted by Crippen LogP contribution is 2.35. The van der Waals surface area contributed by atoms with Crippen LogP contribution in [0.15, 0.2) is 12.3 Å². The van der Waals surface area contributed by atoms with Crippen molar-refractivity contribution in [1.82, 2.24) is 14.5 Å². The van der Waals surface area contributed by atoms with E-state index in [0.717, 1.165) is 23.1 Å². The Balaban J connectivity index is 2.58. The van der Waals surface area contributed by atoms with Crippen LogP contribution in [0.1, 0.15) is 46.6 Å². The van der Waals surface area contributed by atoms with E-state index in [0.29, 0.717) is 5.95 Å². The first kappa shape index (κ1) is 13.8. The maximum Gasteiger partial charge on any atom is 0.202 e. The van der Waals surface area contributed by atoms with Crippen LogP contribution in [0.25, 0.3) is 11.2 Å². The molecule has 104 valence electrons. The molecule has 2 aromatic rings. The highest BCUT2D eigenvalue weighted by atomic mass is 15.2. The summed E-state index contributed by atoms with van der Waals surface area (Å²) in [6, 6.07) is 2.03. The van der Waals surface area contributed by atoms with Crippen molar-refractivity contribution in [2.75, 3.05) is 5.73 Å². The van der Waals surface area contributed by atoms with E-state index in [2.05, 4.69) is 49.2 Å². The molecule has 0 aliphatic rings. The fraction of sp³-hybridized carbons (Fsp3) is 0.600. The summed E-state index contributed by atoms with van der Waals surface area (Å²) in [4.78, 5) is 8.97. The molecule has 0 atom stereocenters. The number of nitrogens with two attached hydrogens (primary N) is 1. The summed E-state index contributed by atoms with van der Waals surface area (Å²) >= 11 is 0. The van der Waals surface area contributed by atoms with Crippen LogP contribution in [0.2, 0.25) is 0 Å². The van der Waals surface area contributed by atoms with Gasteiger partial charge in [0.1, 0.15) is 5.52 Å². The number of aromatic nitrogens is 3. The minimum absolute atomic E-state index is 0.112. The third kappa shape index (κ3) is 2.72. The average Bonchev–Trinajstić information content (AvgIpc) is 2.49. The van der Waals surface area contributed by atoms with Gasteiger partial charge in [-0.25, -0.2) is 9.97 Å². The van der Waals surface area contributed by atoms with Crippen molar-refractivity contribution in [3.63, 3.8) is 0 Å². The summed E-state index contributed by atoms with van der Waals surface area (Å²) in [7, 11) is 0. The van der Waals surface area contributed by atoms with Gasteiger partial charge < -0.3 is 5.73 Å². The lowest BCUT2D eigenvalue weighted by atomic mass is 9.81. The first-order valence-corrected chi connectivity index (χ1v) is 6.71. The molecule has 0 aliphatic heterocycles. The van der Waals surface area contributed by atoms with Crippen LogP contribution < -0.4 is 5.73 Å². The molecular formula is C15H24N4. The number of anilines is 1. The smallest absolute Gasteiger partial charge is 0.202 e. The third-order valence-corrected chi connectivity index (χ3v) is 3.23. The zero-order valence-electron chi connectivity index (χ0n) is 12.8. The SMILES string of the molecule is Cc1cnc2c(c1)nc(N)n2C(C)(C)CC(C)(C)C. The number of pyridine rings is 1. The normalized spacial score (nSPS) is 13.2. The molecule has 0 fully saturated rings. The van der Waals surface area contributed by atoms with Crippen LogP contribution in [0.4, 0.5) is 5.95 Å². The van der Waals surface area contributed by atoms with E-state index in [-0.39, 0.29) is 11.0 Å². The van der Waals surface area contributed by atoms with E-state index >= 15 is 0 Å². The topological polar surface area (TPSA) is 56.7 Å². The Bertz CT molecular complexity index is 602. The molecule has 0 aromatic carbocycles. The molecule has 0 saturated carbocycles. The van der Waals surface area contributed by atoms with Crippen LogP contribution in [-0.4, -0.2) is 14.5 Å². The quantitative estimate of drug-likeness (QED) is 0.899. The Labute approximate surface area is 115 Å². The van der Waals surface area contributed by atoms with Crippen LogP contribution >= 0.6 is 0 Å². The molecule has 2 aromatic heterocycles. The number of nitrogen functional groups attached to an aromatic ring is 1. The summed E-state index contributed by atoms with van der Waals surface area (Å²) in [5.41, 5.74) is 9.08. The fourth-order valence-electron chi connectivity index (χ4n) is 3.06. The van der Waals surface area contributed by atoms with Gasteiger partial charge in [0.15, 0.2) is 5.65 Å². The molecule has 0 unspecified atom stereocenters. The Hall–Kier alpha value is -1.58.